The zero-order chi connectivity index (χ0) is 10.0. The zero-order valence-corrected chi connectivity index (χ0v) is 9.52. The molecule has 0 aliphatic heterocycles. The number of anilines is 1. The molecule has 0 saturated carbocycles. The van der Waals surface area contributed by atoms with Crippen molar-refractivity contribution < 1.29 is 19.8 Å². The fourth-order valence-electron chi connectivity index (χ4n) is 0.987. The number of carboxylic acids is 2. The van der Waals surface area contributed by atoms with Crippen LogP contribution in [0.25, 0.3) is 0 Å². The SMILES string of the molecule is Nc1cccc(C(=O)O)c1C(=O)O.[Na]. The molecule has 0 unspecified atom stereocenters. The summed E-state index contributed by atoms with van der Waals surface area (Å²) >= 11 is 0. The van der Waals surface area contributed by atoms with E-state index in [1.165, 1.54) is 18.2 Å². The Balaban J connectivity index is 0.00000169. The summed E-state index contributed by atoms with van der Waals surface area (Å²) in [6.07, 6.45) is 0. The fraction of sp³-hybridized carbons (Fsp3) is 0. The molecular formula is C8H7NNaO4. The Kier molecular flexibility index (Phi) is 4.62. The summed E-state index contributed by atoms with van der Waals surface area (Å²) in [4.78, 5) is 21.2. The molecule has 0 aliphatic rings. The molecule has 0 spiro atoms. The Morgan fingerprint density at radius 3 is 2.07 bits per heavy atom. The number of carbonyl (C=O) groups is 2. The summed E-state index contributed by atoms with van der Waals surface area (Å²) in [5.74, 6) is -2.64. The average molecular weight is 204 g/mol. The maximum atomic E-state index is 10.6. The van der Waals surface area contributed by atoms with Gasteiger partial charge in [-0.25, -0.2) is 9.59 Å². The van der Waals surface area contributed by atoms with Gasteiger partial charge in [0.05, 0.1) is 11.1 Å². The standard InChI is InChI=1S/C8H7NO4.Na/c9-5-3-1-2-4(7(10)11)6(5)8(12)13;/h1-3H,9H2,(H,10,11)(H,12,13);. The van der Waals surface area contributed by atoms with Crippen molar-refractivity contribution >= 4 is 47.2 Å². The van der Waals surface area contributed by atoms with E-state index in [1.54, 1.807) is 0 Å². The van der Waals surface area contributed by atoms with Crippen LogP contribution in [0, 0.1) is 0 Å². The minimum absolute atomic E-state index is 0. The van der Waals surface area contributed by atoms with Crippen LogP contribution >= 0.6 is 0 Å². The molecule has 0 saturated heterocycles. The van der Waals surface area contributed by atoms with Crippen LogP contribution in [0.3, 0.4) is 0 Å². The predicted octanol–water partition coefficient (Wildman–Crippen LogP) is 0.284. The molecular weight excluding hydrogens is 197 g/mol. The van der Waals surface area contributed by atoms with Crippen LogP contribution in [0.1, 0.15) is 20.7 Å². The molecule has 5 nitrogen and oxygen atoms in total. The van der Waals surface area contributed by atoms with E-state index in [0.29, 0.717) is 0 Å². The smallest absolute Gasteiger partial charge is 0.338 e. The van der Waals surface area contributed by atoms with Gasteiger partial charge in [0.25, 0.3) is 0 Å². The van der Waals surface area contributed by atoms with E-state index in [0.717, 1.165) is 0 Å². The second-order valence-corrected chi connectivity index (χ2v) is 2.38. The first kappa shape index (κ1) is 13.0. The molecule has 0 amide bonds. The molecule has 0 fully saturated rings. The van der Waals surface area contributed by atoms with Gasteiger partial charge in [0, 0.05) is 35.2 Å². The Labute approximate surface area is 102 Å². The Hall–Kier alpha value is -1.04. The monoisotopic (exact) mass is 204 g/mol. The Morgan fingerprint density at radius 1 is 1.14 bits per heavy atom. The van der Waals surface area contributed by atoms with E-state index in [2.05, 4.69) is 0 Å². The number of aromatic carboxylic acids is 2. The number of hydrogen-bond donors (Lipinski definition) is 3. The normalized spacial score (nSPS) is 8.86. The van der Waals surface area contributed by atoms with Crippen molar-refractivity contribution in [3.63, 3.8) is 0 Å². The second kappa shape index (κ2) is 4.99. The molecule has 69 valence electrons. The number of hydrogen-bond acceptors (Lipinski definition) is 3. The van der Waals surface area contributed by atoms with E-state index >= 15 is 0 Å². The quantitative estimate of drug-likeness (QED) is 0.474. The number of rotatable bonds is 2. The second-order valence-electron chi connectivity index (χ2n) is 2.38. The first-order chi connectivity index (χ1) is 6.04. The fourth-order valence-corrected chi connectivity index (χ4v) is 0.987. The van der Waals surface area contributed by atoms with E-state index < -0.39 is 11.9 Å². The van der Waals surface area contributed by atoms with Gasteiger partial charge in [-0.05, 0) is 12.1 Å². The first-order valence-corrected chi connectivity index (χ1v) is 3.39. The molecule has 14 heavy (non-hydrogen) atoms. The topological polar surface area (TPSA) is 101 Å². The van der Waals surface area contributed by atoms with Gasteiger partial charge < -0.3 is 15.9 Å². The Morgan fingerprint density at radius 2 is 1.71 bits per heavy atom. The number of nitrogens with two attached hydrogens (primary N) is 1. The average Bonchev–Trinajstić information content (AvgIpc) is 2.02. The number of nitrogen functional groups attached to an aromatic ring is 1. The van der Waals surface area contributed by atoms with Gasteiger partial charge in [-0.2, -0.15) is 0 Å². The van der Waals surface area contributed by atoms with Crippen molar-refractivity contribution in [2.45, 2.75) is 0 Å². The molecule has 1 rings (SSSR count). The van der Waals surface area contributed by atoms with Crippen LogP contribution in [0.15, 0.2) is 18.2 Å². The minimum Gasteiger partial charge on any atom is -0.478 e. The van der Waals surface area contributed by atoms with Crippen LogP contribution in [-0.2, 0) is 0 Å². The summed E-state index contributed by atoms with van der Waals surface area (Å²) < 4.78 is 0. The van der Waals surface area contributed by atoms with E-state index in [4.69, 9.17) is 15.9 Å². The summed E-state index contributed by atoms with van der Waals surface area (Å²) in [5.41, 5.74) is 4.60. The molecule has 0 aromatic heterocycles. The predicted molar refractivity (Wildman–Crippen MR) is 50.5 cm³/mol. The van der Waals surface area contributed by atoms with Crippen molar-refractivity contribution in [3.8, 4) is 0 Å². The summed E-state index contributed by atoms with van der Waals surface area (Å²) in [6.45, 7) is 0. The molecule has 0 heterocycles. The zero-order valence-electron chi connectivity index (χ0n) is 7.52. The maximum Gasteiger partial charge on any atom is 0.338 e. The van der Waals surface area contributed by atoms with Crippen molar-refractivity contribution in [1.29, 1.82) is 0 Å². The van der Waals surface area contributed by atoms with Crippen molar-refractivity contribution in [2.24, 2.45) is 0 Å². The van der Waals surface area contributed by atoms with E-state index in [1.807, 2.05) is 0 Å². The third-order valence-corrected chi connectivity index (χ3v) is 1.54. The van der Waals surface area contributed by atoms with Gasteiger partial charge in [0.15, 0.2) is 0 Å². The van der Waals surface area contributed by atoms with Crippen LogP contribution in [0.2, 0.25) is 0 Å². The molecule has 1 aromatic rings. The van der Waals surface area contributed by atoms with Crippen molar-refractivity contribution in [1.82, 2.24) is 0 Å². The summed E-state index contributed by atoms with van der Waals surface area (Å²) in [6, 6.07) is 3.93. The molecule has 0 atom stereocenters. The molecule has 1 aromatic carbocycles. The van der Waals surface area contributed by atoms with Crippen LogP contribution in [-0.4, -0.2) is 51.7 Å². The van der Waals surface area contributed by atoms with Crippen molar-refractivity contribution in [2.75, 3.05) is 5.73 Å². The van der Waals surface area contributed by atoms with Crippen LogP contribution in [0.4, 0.5) is 5.69 Å². The van der Waals surface area contributed by atoms with Gasteiger partial charge in [0.2, 0.25) is 0 Å². The first-order valence-electron chi connectivity index (χ1n) is 3.39. The van der Waals surface area contributed by atoms with E-state index in [9.17, 15) is 9.59 Å². The molecule has 4 N–H and O–H groups in total. The van der Waals surface area contributed by atoms with Crippen LogP contribution in [0.5, 0.6) is 0 Å². The number of benzene rings is 1. The minimum atomic E-state index is -1.34. The van der Waals surface area contributed by atoms with Gasteiger partial charge >= 0.3 is 11.9 Å². The third-order valence-electron chi connectivity index (χ3n) is 1.54. The van der Waals surface area contributed by atoms with Gasteiger partial charge in [-0.15, -0.1) is 0 Å². The number of carboxylic acid groups (broad SMARTS) is 2. The maximum absolute atomic E-state index is 10.6. The van der Waals surface area contributed by atoms with Crippen LogP contribution < -0.4 is 5.73 Å². The molecule has 6 heteroatoms. The molecule has 1 radical (unpaired) electrons. The molecule has 0 bridgehead atoms. The Bertz CT molecular complexity index is 378. The largest absolute Gasteiger partial charge is 0.478 e. The molecule has 0 aliphatic carbocycles. The van der Waals surface area contributed by atoms with Gasteiger partial charge in [-0.3, -0.25) is 0 Å². The third kappa shape index (κ3) is 2.47. The van der Waals surface area contributed by atoms with Crippen molar-refractivity contribution in [3.05, 3.63) is 29.3 Å². The van der Waals surface area contributed by atoms with E-state index in [-0.39, 0.29) is 46.4 Å². The van der Waals surface area contributed by atoms with Gasteiger partial charge in [-0.1, -0.05) is 6.07 Å². The summed E-state index contributed by atoms with van der Waals surface area (Å²) in [7, 11) is 0. The summed E-state index contributed by atoms with van der Waals surface area (Å²) in [5, 5.41) is 17.3. The van der Waals surface area contributed by atoms with Gasteiger partial charge in [0.1, 0.15) is 0 Å².